The molecule has 0 atom stereocenters. The van der Waals surface area contributed by atoms with Crippen molar-refractivity contribution < 1.29 is 0 Å². The molecule has 1 heteroatoms. The number of rotatable bonds is 4. The van der Waals surface area contributed by atoms with Crippen LogP contribution < -0.4 is 0 Å². The molecule has 0 fully saturated rings. The molecule has 0 bridgehead atoms. The van der Waals surface area contributed by atoms with Gasteiger partial charge in [0.05, 0.1) is 0 Å². The van der Waals surface area contributed by atoms with Gasteiger partial charge in [0, 0.05) is 19.3 Å². The Labute approximate surface area is 76.8 Å². The minimum absolute atomic E-state index is 0.399. The Balaban J connectivity index is 3.79. The van der Waals surface area contributed by atoms with Gasteiger partial charge in [-0.3, -0.25) is 0 Å². The second-order valence-electron chi connectivity index (χ2n) is 4.43. The summed E-state index contributed by atoms with van der Waals surface area (Å²) in [7, 11) is 2.05. The molecule has 0 amide bonds. The van der Waals surface area contributed by atoms with Gasteiger partial charge in [0.1, 0.15) is 0 Å². The average molecular weight is 167 g/mol. The van der Waals surface area contributed by atoms with Crippen LogP contribution in [0, 0.1) is 5.41 Å². The van der Waals surface area contributed by atoms with E-state index in [9.17, 15) is 0 Å². The maximum absolute atomic E-state index is 3.88. The van der Waals surface area contributed by atoms with Gasteiger partial charge in [0.2, 0.25) is 0 Å². The van der Waals surface area contributed by atoms with E-state index in [0.29, 0.717) is 5.41 Å². The van der Waals surface area contributed by atoms with Crippen LogP contribution in [0.15, 0.2) is 24.9 Å². The van der Waals surface area contributed by atoms with Crippen molar-refractivity contribution in [3.05, 3.63) is 24.9 Å². The number of hydrogen-bond acceptors (Lipinski definition) is 1. The molecule has 0 spiro atoms. The second kappa shape index (κ2) is 4.34. The molecule has 70 valence electrons. The van der Waals surface area contributed by atoms with Gasteiger partial charge in [-0.1, -0.05) is 33.9 Å². The maximum atomic E-state index is 3.88. The first-order chi connectivity index (χ1) is 5.37. The lowest BCUT2D eigenvalue weighted by Gasteiger charge is -2.25. The highest BCUT2D eigenvalue weighted by molar-refractivity contribution is 5.08. The molecule has 0 aliphatic carbocycles. The van der Waals surface area contributed by atoms with E-state index in [4.69, 9.17) is 0 Å². The molecule has 0 aromatic heterocycles. The molecule has 0 aliphatic heterocycles. The smallest absolute Gasteiger partial charge is 0.0284 e. The molecular formula is C11H21N. The lowest BCUT2D eigenvalue weighted by atomic mass is 9.92. The van der Waals surface area contributed by atoms with Crippen LogP contribution in [0.1, 0.15) is 27.2 Å². The van der Waals surface area contributed by atoms with E-state index in [1.807, 2.05) is 0 Å². The highest BCUT2D eigenvalue weighted by Gasteiger charge is 2.10. The first-order valence-electron chi connectivity index (χ1n) is 4.39. The summed E-state index contributed by atoms with van der Waals surface area (Å²) in [5.74, 6) is 0. The van der Waals surface area contributed by atoms with Gasteiger partial charge in [0.15, 0.2) is 0 Å². The summed E-state index contributed by atoms with van der Waals surface area (Å²) in [5, 5.41) is 0. The number of allylic oxidation sites excluding steroid dienone is 1. The van der Waals surface area contributed by atoms with Crippen LogP contribution in [-0.2, 0) is 0 Å². The largest absolute Gasteiger partial charge is 0.375 e. The number of likely N-dealkylation sites (N-methyl/N-ethyl adjacent to an activating group) is 1. The summed E-state index contributed by atoms with van der Waals surface area (Å²) in [6, 6.07) is 0. The monoisotopic (exact) mass is 167 g/mol. The maximum Gasteiger partial charge on any atom is 0.0284 e. The predicted molar refractivity (Wildman–Crippen MR) is 56.0 cm³/mol. The third-order valence-corrected chi connectivity index (χ3v) is 1.92. The van der Waals surface area contributed by atoms with Crippen molar-refractivity contribution in [3.8, 4) is 0 Å². The highest BCUT2D eigenvalue weighted by atomic mass is 15.1. The molecule has 0 rings (SSSR count). The molecule has 0 saturated carbocycles. The molecular weight excluding hydrogens is 146 g/mol. The summed E-state index contributed by atoms with van der Waals surface area (Å²) >= 11 is 0. The summed E-state index contributed by atoms with van der Waals surface area (Å²) in [4.78, 5) is 2.14. The Kier molecular flexibility index (Phi) is 4.08. The summed E-state index contributed by atoms with van der Waals surface area (Å²) < 4.78 is 0. The van der Waals surface area contributed by atoms with Crippen LogP contribution in [0.2, 0.25) is 0 Å². The van der Waals surface area contributed by atoms with Crippen molar-refractivity contribution >= 4 is 0 Å². The summed E-state index contributed by atoms with van der Waals surface area (Å²) in [6.45, 7) is 15.4. The molecule has 0 unspecified atom stereocenters. The molecule has 0 aliphatic rings. The fourth-order valence-electron chi connectivity index (χ4n) is 0.803. The Morgan fingerprint density at radius 1 is 1.42 bits per heavy atom. The van der Waals surface area contributed by atoms with Gasteiger partial charge in [0.25, 0.3) is 0 Å². The molecule has 0 heterocycles. The normalized spacial score (nSPS) is 11.0. The van der Waals surface area contributed by atoms with Crippen LogP contribution in [0.5, 0.6) is 0 Å². The van der Waals surface area contributed by atoms with E-state index in [1.165, 1.54) is 6.42 Å². The van der Waals surface area contributed by atoms with E-state index in [-0.39, 0.29) is 0 Å². The molecule has 0 aromatic rings. The predicted octanol–water partition coefficient (Wildman–Crippen LogP) is 3.05. The van der Waals surface area contributed by atoms with E-state index in [0.717, 1.165) is 12.2 Å². The zero-order chi connectivity index (χ0) is 9.78. The topological polar surface area (TPSA) is 3.24 Å². The van der Waals surface area contributed by atoms with Crippen molar-refractivity contribution in [1.82, 2.24) is 4.90 Å². The molecule has 0 saturated heterocycles. The third kappa shape index (κ3) is 5.00. The second-order valence-corrected chi connectivity index (χ2v) is 4.43. The van der Waals surface area contributed by atoms with Gasteiger partial charge in [-0.15, -0.1) is 0 Å². The van der Waals surface area contributed by atoms with Crippen LogP contribution in [0.4, 0.5) is 0 Å². The van der Waals surface area contributed by atoms with Crippen molar-refractivity contribution in [1.29, 1.82) is 0 Å². The van der Waals surface area contributed by atoms with E-state index < -0.39 is 0 Å². The molecule has 12 heavy (non-hydrogen) atoms. The van der Waals surface area contributed by atoms with Crippen LogP contribution >= 0.6 is 0 Å². The summed E-state index contributed by atoms with van der Waals surface area (Å²) in [5.41, 5.74) is 1.40. The van der Waals surface area contributed by atoms with Crippen LogP contribution in [0.25, 0.3) is 0 Å². The van der Waals surface area contributed by atoms with Gasteiger partial charge in [-0.05, 0) is 17.9 Å². The van der Waals surface area contributed by atoms with E-state index >= 15 is 0 Å². The Morgan fingerprint density at radius 3 is 2.25 bits per heavy atom. The van der Waals surface area contributed by atoms with Gasteiger partial charge in [-0.25, -0.2) is 0 Å². The Hall–Kier alpha value is -0.720. The standard InChI is InChI=1S/C11H21N/c1-7-10(2)12(6)9-8-11(3,4)5/h7H,1-2,8-9H2,3-6H3. The van der Waals surface area contributed by atoms with Crippen molar-refractivity contribution in [2.24, 2.45) is 5.41 Å². The van der Waals surface area contributed by atoms with E-state index in [1.54, 1.807) is 6.08 Å². The van der Waals surface area contributed by atoms with Gasteiger partial charge in [-0.2, -0.15) is 0 Å². The zero-order valence-corrected chi connectivity index (χ0v) is 8.85. The molecule has 0 N–H and O–H groups in total. The lowest BCUT2D eigenvalue weighted by Crippen LogP contribution is -2.21. The average Bonchev–Trinajstić information content (AvgIpc) is 1.97. The molecule has 0 radical (unpaired) electrons. The van der Waals surface area contributed by atoms with Crippen LogP contribution in [0.3, 0.4) is 0 Å². The van der Waals surface area contributed by atoms with Crippen molar-refractivity contribution in [3.63, 3.8) is 0 Å². The Morgan fingerprint density at radius 2 is 1.92 bits per heavy atom. The fraction of sp³-hybridized carbons (Fsp3) is 0.636. The highest BCUT2D eigenvalue weighted by Crippen LogP contribution is 2.19. The fourth-order valence-corrected chi connectivity index (χ4v) is 0.803. The van der Waals surface area contributed by atoms with Crippen molar-refractivity contribution in [2.75, 3.05) is 13.6 Å². The van der Waals surface area contributed by atoms with Gasteiger partial charge >= 0.3 is 0 Å². The molecule has 0 aromatic carbocycles. The molecule has 1 nitrogen and oxygen atoms in total. The lowest BCUT2D eigenvalue weighted by molar-refractivity contribution is 0.307. The first kappa shape index (κ1) is 11.3. The summed E-state index contributed by atoms with van der Waals surface area (Å²) in [6.07, 6.45) is 2.97. The van der Waals surface area contributed by atoms with Crippen LogP contribution in [-0.4, -0.2) is 18.5 Å². The quantitative estimate of drug-likeness (QED) is 0.582. The van der Waals surface area contributed by atoms with Gasteiger partial charge < -0.3 is 4.90 Å². The SMILES string of the molecule is C=CC(=C)N(C)CCC(C)(C)C. The minimum Gasteiger partial charge on any atom is -0.375 e. The zero-order valence-electron chi connectivity index (χ0n) is 8.85. The minimum atomic E-state index is 0.399. The first-order valence-corrected chi connectivity index (χ1v) is 4.39. The van der Waals surface area contributed by atoms with Crippen molar-refractivity contribution in [2.45, 2.75) is 27.2 Å². The third-order valence-electron chi connectivity index (χ3n) is 1.92. The number of hydrogen-bond donors (Lipinski definition) is 0. The number of nitrogens with zero attached hydrogens (tertiary/aromatic N) is 1. The Bertz CT molecular complexity index is 162. The van der Waals surface area contributed by atoms with E-state index in [2.05, 4.69) is 45.9 Å².